The highest BCUT2D eigenvalue weighted by Gasteiger charge is 2.29. The molecular weight excluding hydrogens is 247 g/mol. The van der Waals surface area contributed by atoms with Crippen molar-refractivity contribution in [2.45, 2.75) is 11.8 Å². The van der Waals surface area contributed by atoms with Gasteiger partial charge in [-0.25, -0.2) is 0 Å². The molecule has 1 fully saturated rings. The first kappa shape index (κ1) is 11.3. The molecule has 1 unspecified atom stereocenters. The number of nitriles is 1. The molecule has 1 heterocycles. The molecule has 0 spiro atoms. The van der Waals surface area contributed by atoms with E-state index in [2.05, 4.69) is 0 Å². The summed E-state index contributed by atoms with van der Waals surface area (Å²) in [5.41, 5.74) is 1.04. The molecule has 82 valence electrons. The molecule has 16 heavy (non-hydrogen) atoms. The number of nitrogens with zero attached hydrogens (tertiary/aromatic N) is 2. The summed E-state index contributed by atoms with van der Waals surface area (Å²) in [5, 5.41) is 9.07. The minimum Gasteiger partial charge on any atom is -0.311 e. The highest BCUT2D eigenvalue weighted by Crippen LogP contribution is 2.27. The first-order valence-corrected chi connectivity index (χ1v) is 5.57. The fourth-order valence-corrected chi connectivity index (χ4v) is 2.11. The molecule has 1 aromatic carbocycles. The number of anilines is 1. The summed E-state index contributed by atoms with van der Waals surface area (Å²) in [6.45, 7) is 0.479. The highest BCUT2D eigenvalue weighted by molar-refractivity contribution is 6.31. The van der Waals surface area contributed by atoms with Crippen molar-refractivity contribution in [2.24, 2.45) is 0 Å². The van der Waals surface area contributed by atoms with Crippen LogP contribution in [-0.4, -0.2) is 17.8 Å². The third kappa shape index (κ3) is 1.99. The van der Waals surface area contributed by atoms with E-state index in [0.717, 1.165) is 0 Å². The zero-order valence-electron chi connectivity index (χ0n) is 8.28. The maximum atomic E-state index is 11.6. The van der Waals surface area contributed by atoms with E-state index in [1.54, 1.807) is 23.1 Å². The number of hydrogen-bond acceptors (Lipinski definition) is 2. The van der Waals surface area contributed by atoms with Gasteiger partial charge in [0.25, 0.3) is 0 Å². The molecular formula is C11H8Cl2N2O. The zero-order chi connectivity index (χ0) is 11.7. The van der Waals surface area contributed by atoms with E-state index in [1.165, 1.54) is 0 Å². The number of carbonyl (C=O) groups is 1. The first-order valence-electron chi connectivity index (χ1n) is 4.76. The van der Waals surface area contributed by atoms with Gasteiger partial charge >= 0.3 is 0 Å². The van der Waals surface area contributed by atoms with Crippen molar-refractivity contribution >= 4 is 34.8 Å². The van der Waals surface area contributed by atoms with Crippen molar-refractivity contribution < 1.29 is 4.79 Å². The van der Waals surface area contributed by atoms with E-state index in [1.807, 2.05) is 6.07 Å². The van der Waals surface area contributed by atoms with E-state index in [9.17, 15) is 4.79 Å². The number of halogens is 2. The molecule has 1 aromatic rings. The van der Waals surface area contributed by atoms with Crippen LogP contribution in [-0.2, 0) is 4.79 Å². The third-order valence-electron chi connectivity index (χ3n) is 2.46. The Kier molecular flexibility index (Phi) is 3.04. The lowest BCUT2D eigenvalue weighted by Crippen LogP contribution is -2.24. The van der Waals surface area contributed by atoms with Crippen LogP contribution in [0.5, 0.6) is 0 Å². The number of carbonyl (C=O) groups excluding carboxylic acids is 1. The topological polar surface area (TPSA) is 44.1 Å². The molecule has 0 aliphatic carbocycles. The molecule has 0 saturated carbocycles. The fraction of sp³-hybridized carbons (Fsp3) is 0.273. The van der Waals surface area contributed by atoms with Gasteiger partial charge in [0.15, 0.2) is 0 Å². The Morgan fingerprint density at radius 3 is 2.81 bits per heavy atom. The summed E-state index contributed by atoms with van der Waals surface area (Å²) in [6, 6.07) is 6.92. The molecule has 3 nitrogen and oxygen atoms in total. The monoisotopic (exact) mass is 254 g/mol. The second kappa shape index (κ2) is 4.32. The van der Waals surface area contributed by atoms with Gasteiger partial charge in [-0.05, 0) is 18.2 Å². The van der Waals surface area contributed by atoms with Crippen LogP contribution in [0.25, 0.3) is 0 Å². The molecule has 0 aromatic heterocycles. The largest absolute Gasteiger partial charge is 0.311 e. The van der Waals surface area contributed by atoms with Gasteiger partial charge in [-0.2, -0.15) is 5.26 Å². The second-order valence-electron chi connectivity index (χ2n) is 3.58. The SMILES string of the molecule is N#Cc1cc(N2CC(Cl)CC2=O)ccc1Cl. The van der Waals surface area contributed by atoms with E-state index >= 15 is 0 Å². The second-order valence-corrected chi connectivity index (χ2v) is 4.61. The molecule has 1 atom stereocenters. The minimum atomic E-state index is -0.159. The molecule has 2 rings (SSSR count). The first-order chi connectivity index (χ1) is 7.61. The quantitative estimate of drug-likeness (QED) is 0.724. The van der Waals surface area contributed by atoms with Crippen LogP contribution in [0.1, 0.15) is 12.0 Å². The molecule has 1 saturated heterocycles. The van der Waals surface area contributed by atoms with Crippen molar-refractivity contribution in [1.29, 1.82) is 5.26 Å². The van der Waals surface area contributed by atoms with Crippen molar-refractivity contribution in [3.8, 4) is 6.07 Å². The lowest BCUT2D eigenvalue weighted by molar-refractivity contribution is -0.117. The summed E-state index contributed by atoms with van der Waals surface area (Å²) in [7, 11) is 0. The number of benzene rings is 1. The van der Waals surface area contributed by atoms with Crippen LogP contribution in [0.3, 0.4) is 0 Å². The predicted octanol–water partition coefficient (Wildman–Crippen LogP) is 2.56. The summed E-state index contributed by atoms with van der Waals surface area (Å²) in [6.07, 6.45) is 0.339. The predicted molar refractivity (Wildman–Crippen MR) is 62.8 cm³/mol. The highest BCUT2D eigenvalue weighted by atomic mass is 35.5. The standard InChI is InChI=1S/C11H8Cl2N2O/c12-8-4-11(16)15(6-8)9-1-2-10(13)7(3-9)5-14/h1-3,8H,4,6H2. The van der Waals surface area contributed by atoms with Gasteiger partial charge in [-0.1, -0.05) is 11.6 Å². The minimum absolute atomic E-state index is 0.0220. The van der Waals surface area contributed by atoms with Crippen molar-refractivity contribution in [3.05, 3.63) is 28.8 Å². The van der Waals surface area contributed by atoms with Gasteiger partial charge in [0.1, 0.15) is 6.07 Å². The zero-order valence-corrected chi connectivity index (χ0v) is 9.79. The van der Waals surface area contributed by atoms with E-state index in [0.29, 0.717) is 29.2 Å². The smallest absolute Gasteiger partial charge is 0.228 e. The summed E-state index contributed by atoms with van der Waals surface area (Å²) >= 11 is 11.7. The fourth-order valence-electron chi connectivity index (χ4n) is 1.68. The molecule has 0 radical (unpaired) electrons. The summed E-state index contributed by atoms with van der Waals surface area (Å²) in [5.74, 6) is -0.0220. The van der Waals surface area contributed by atoms with Gasteiger partial charge in [0.2, 0.25) is 5.91 Å². The summed E-state index contributed by atoms with van der Waals surface area (Å²) < 4.78 is 0. The molecule has 1 aliphatic rings. The Morgan fingerprint density at radius 2 is 2.25 bits per heavy atom. The number of hydrogen-bond donors (Lipinski definition) is 0. The van der Waals surface area contributed by atoms with Crippen LogP contribution < -0.4 is 4.90 Å². The van der Waals surface area contributed by atoms with Crippen molar-refractivity contribution in [3.63, 3.8) is 0 Å². The van der Waals surface area contributed by atoms with Crippen molar-refractivity contribution in [2.75, 3.05) is 11.4 Å². The average Bonchev–Trinajstić information content (AvgIpc) is 2.59. The lowest BCUT2D eigenvalue weighted by Gasteiger charge is -2.16. The number of amides is 1. The van der Waals surface area contributed by atoms with Gasteiger partial charge in [-0.3, -0.25) is 4.79 Å². The normalized spacial score (nSPS) is 19.9. The Bertz CT molecular complexity index is 481. The summed E-state index contributed by atoms with van der Waals surface area (Å²) in [4.78, 5) is 13.2. The van der Waals surface area contributed by atoms with Gasteiger partial charge in [0, 0.05) is 18.7 Å². The van der Waals surface area contributed by atoms with Gasteiger partial charge < -0.3 is 4.90 Å². The maximum absolute atomic E-state index is 11.6. The Hall–Kier alpha value is -1.24. The van der Waals surface area contributed by atoms with E-state index < -0.39 is 0 Å². The number of alkyl halides is 1. The molecule has 5 heteroatoms. The van der Waals surface area contributed by atoms with Crippen LogP contribution in [0.2, 0.25) is 5.02 Å². The van der Waals surface area contributed by atoms with Gasteiger partial charge in [0.05, 0.1) is 16.0 Å². The lowest BCUT2D eigenvalue weighted by atomic mass is 10.2. The number of rotatable bonds is 1. The Balaban J connectivity index is 2.35. The molecule has 0 N–H and O–H groups in total. The van der Waals surface area contributed by atoms with Gasteiger partial charge in [-0.15, -0.1) is 11.6 Å². The molecule has 0 bridgehead atoms. The average molecular weight is 255 g/mol. The molecule has 1 aliphatic heterocycles. The Morgan fingerprint density at radius 1 is 1.50 bits per heavy atom. The Labute approximate surface area is 103 Å². The molecule has 1 amide bonds. The van der Waals surface area contributed by atoms with Crippen LogP contribution in [0.4, 0.5) is 5.69 Å². The van der Waals surface area contributed by atoms with Crippen LogP contribution in [0, 0.1) is 11.3 Å². The van der Waals surface area contributed by atoms with E-state index in [-0.39, 0.29) is 11.3 Å². The maximum Gasteiger partial charge on any atom is 0.228 e. The van der Waals surface area contributed by atoms with Crippen LogP contribution >= 0.6 is 23.2 Å². The van der Waals surface area contributed by atoms with E-state index in [4.69, 9.17) is 28.5 Å². The van der Waals surface area contributed by atoms with Crippen molar-refractivity contribution in [1.82, 2.24) is 0 Å². The third-order valence-corrected chi connectivity index (χ3v) is 3.08. The van der Waals surface area contributed by atoms with Crippen LogP contribution in [0.15, 0.2) is 18.2 Å².